The Hall–Kier alpha value is -3.08. The highest BCUT2D eigenvalue weighted by atomic mass is 32.2. The van der Waals surface area contributed by atoms with E-state index in [1.165, 1.54) is 4.31 Å². The highest BCUT2D eigenvalue weighted by molar-refractivity contribution is 7.89. The lowest BCUT2D eigenvalue weighted by molar-refractivity contribution is 0.0730. The smallest absolute Gasteiger partial charge is 0.271 e. The topological polar surface area (TPSA) is 106 Å². The molecule has 1 fully saturated rings. The van der Waals surface area contributed by atoms with E-state index in [0.717, 1.165) is 23.4 Å². The maximum atomic E-state index is 12.8. The van der Waals surface area contributed by atoms with Crippen LogP contribution in [0.15, 0.2) is 52.5 Å². The van der Waals surface area contributed by atoms with Crippen LogP contribution < -0.4 is 5.43 Å². The molecule has 3 aromatic rings. The Morgan fingerprint density at radius 1 is 1.12 bits per heavy atom. The number of nitrogens with one attached hydrogen (secondary N) is 1. The second-order valence-electron chi connectivity index (χ2n) is 7.79. The molecule has 0 saturated carbocycles. The molecule has 33 heavy (non-hydrogen) atoms. The number of hydrazone groups is 1. The van der Waals surface area contributed by atoms with Crippen LogP contribution in [0.25, 0.3) is 11.0 Å². The molecule has 1 saturated heterocycles. The zero-order valence-electron chi connectivity index (χ0n) is 18.9. The molecule has 0 unspecified atom stereocenters. The molecular weight excluding hydrogens is 442 g/mol. The zero-order chi connectivity index (χ0) is 23.6. The van der Waals surface area contributed by atoms with E-state index < -0.39 is 10.0 Å². The fourth-order valence-electron chi connectivity index (χ4n) is 3.86. The first-order chi connectivity index (χ1) is 15.8. The van der Waals surface area contributed by atoms with Crippen LogP contribution in [-0.4, -0.2) is 60.2 Å². The number of imidazole rings is 1. The molecule has 9 nitrogen and oxygen atoms in total. The molecule has 4 rings (SSSR count). The predicted molar refractivity (Wildman–Crippen MR) is 126 cm³/mol. The number of aromatic nitrogens is 2. The summed E-state index contributed by atoms with van der Waals surface area (Å²) in [7, 11) is -3.55. The number of carbonyl (C=O) groups excluding carboxylic acids is 1. The highest BCUT2D eigenvalue weighted by Gasteiger charge is 2.26. The zero-order valence-corrected chi connectivity index (χ0v) is 19.7. The number of nitrogens with zero attached hydrogens (tertiary/aromatic N) is 4. The van der Waals surface area contributed by atoms with Crippen LogP contribution in [-0.2, 0) is 21.3 Å². The van der Waals surface area contributed by atoms with Crippen molar-refractivity contribution < 1.29 is 17.9 Å². The lowest BCUT2D eigenvalue weighted by atomic mass is 10.1. The summed E-state index contributed by atoms with van der Waals surface area (Å²) >= 11 is 0. The van der Waals surface area contributed by atoms with E-state index in [0.29, 0.717) is 43.1 Å². The normalized spacial score (nSPS) is 15.7. The van der Waals surface area contributed by atoms with Gasteiger partial charge in [-0.2, -0.15) is 9.41 Å². The summed E-state index contributed by atoms with van der Waals surface area (Å²) in [6.07, 6.45) is 0. The molecule has 1 aromatic heterocycles. The highest BCUT2D eigenvalue weighted by Crippen LogP contribution is 2.19. The lowest BCUT2D eigenvalue weighted by Gasteiger charge is -2.26. The van der Waals surface area contributed by atoms with Crippen molar-refractivity contribution >= 4 is 32.7 Å². The minimum Gasteiger partial charge on any atom is -0.379 e. The summed E-state index contributed by atoms with van der Waals surface area (Å²) < 4.78 is 34.2. The first kappa shape index (κ1) is 23.1. The fourth-order valence-corrected chi connectivity index (χ4v) is 5.27. The third-order valence-electron chi connectivity index (χ3n) is 5.72. The van der Waals surface area contributed by atoms with Gasteiger partial charge in [0.2, 0.25) is 10.0 Å². The summed E-state index contributed by atoms with van der Waals surface area (Å²) in [5.74, 6) is 0.560. The number of morpholine rings is 1. The van der Waals surface area contributed by atoms with Crippen molar-refractivity contribution in [3.63, 3.8) is 0 Å². The number of aryl methyl sites for hydroxylation is 2. The number of sulfonamides is 1. The van der Waals surface area contributed by atoms with E-state index in [1.807, 2.05) is 13.0 Å². The minimum absolute atomic E-state index is 0.222. The number of carbonyl (C=O) groups is 1. The van der Waals surface area contributed by atoms with Crippen LogP contribution >= 0.6 is 0 Å². The van der Waals surface area contributed by atoms with Crippen molar-refractivity contribution in [2.24, 2.45) is 5.10 Å². The Morgan fingerprint density at radius 3 is 2.45 bits per heavy atom. The van der Waals surface area contributed by atoms with Crippen molar-refractivity contribution in [3.05, 3.63) is 59.4 Å². The van der Waals surface area contributed by atoms with Gasteiger partial charge in [-0.1, -0.05) is 12.1 Å². The molecule has 10 heteroatoms. The van der Waals surface area contributed by atoms with E-state index >= 15 is 0 Å². The standard InChI is InChI=1S/C23H27N5O4S/c1-4-28-17(3)24-21-15-19(7-10-22(21)28)23(29)26-25-16(2)18-5-8-20(9-6-18)33(30,31)27-11-13-32-14-12-27/h5-10,15H,4,11-14H2,1-3H3,(H,26,29)/b25-16+. The van der Waals surface area contributed by atoms with Gasteiger partial charge in [0.05, 0.1) is 34.9 Å². The SMILES string of the molecule is CCn1c(C)nc2cc(C(=O)N/N=C(\C)c3ccc(S(=O)(=O)N4CCOCC4)cc3)ccc21. The van der Waals surface area contributed by atoms with Gasteiger partial charge in [-0.25, -0.2) is 18.8 Å². The number of hydrogen-bond acceptors (Lipinski definition) is 6. The van der Waals surface area contributed by atoms with Gasteiger partial charge in [-0.05, 0) is 56.7 Å². The predicted octanol–water partition coefficient (Wildman–Crippen LogP) is 2.54. The van der Waals surface area contributed by atoms with E-state index in [9.17, 15) is 13.2 Å². The van der Waals surface area contributed by atoms with Crippen LogP contribution in [0.2, 0.25) is 0 Å². The molecule has 0 bridgehead atoms. The Labute approximate surface area is 193 Å². The number of fused-ring (bicyclic) bond motifs is 1. The molecule has 0 atom stereocenters. The lowest BCUT2D eigenvalue weighted by Crippen LogP contribution is -2.40. The second kappa shape index (κ2) is 9.42. The van der Waals surface area contributed by atoms with Gasteiger partial charge in [0.25, 0.3) is 5.91 Å². The molecule has 0 spiro atoms. The van der Waals surface area contributed by atoms with Crippen molar-refractivity contribution in [1.82, 2.24) is 19.3 Å². The van der Waals surface area contributed by atoms with Crippen molar-refractivity contribution in [1.29, 1.82) is 0 Å². The number of amides is 1. The summed E-state index contributed by atoms with van der Waals surface area (Å²) in [5, 5.41) is 4.19. The molecule has 1 aliphatic rings. The number of rotatable bonds is 6. The number of hydrogen-bond donors (Lipinski definition) is 1. The first-order valence-corrected chi connectivity index (χ1v) is 12.2. The molecular formula is C23H27N5O4S. The van der Waals surface area contributed by atoms with E-state index in [4.69, 9.17) is 4.74 Å². The fraction of sp³-hybridized carbons (Fsp3) is 0.348. The molecule has 1 N–H and O–H groups in total. The summed E-state index contributed by atoms with van der Waals surface area (Å²) in [4.78, 5) is 17.3. The second-order valence-corrected chi connectivity index (χ2v) is 9.72. The van der Waals surface area contributed by atoms with Gasteiger partial charge in [-0.15, -0.1) is 0 Å². The van der Waals surface area contributed by atoms with Gasteiger partial charge in [0, 0.05) is 25.2 Å². The molecule has 1 aliphatic heterocycles. The maximum Gasteiger partial charge on any atom is 0.271 e. The third kappa shape index (κ3) is 4.68. The van der Waals surface area contributed by atoms with Crippen LogP contribution in [0.1, 0.15) is 35.6 Å². The molecule has 2 aromatic carbocycles. The van der Waals surface area contributed by atoms with E-state index in [2.05, 4.69) is 27.0 Å². The largest absolute Gasteiger partial charge is 0.379 e. The quantitative estimate of drug-likeness (QED) is 0.441. The Morgan fingerprint density at radius 2 is 1.79 bits per heavy atom. The molecule has 174 valence electrons. The van der Waals surface area contributed by atoms with Gasteiger partial charge >= 0.3 is 0 Å². The van der Waals surface area contributed by atoms with E-state index in [1.54, 1.807) is 43.3 Å². The van der Waals surface area contributed by atoms with Crippen molar-refractivity contribution in [2.75, 3.05) is 26.3 Å². The first-order valence-electron chi connectivity index (χ1n) is 10.8. The van der Waals surface area contributed by atoms with Crippen molar-refractivity contribution in [3.8, 4) is 0 Å². The number of ether oxygens (including phenoxy) is 1. The molecule has 0 radical (unpaired) electrons. The Kier molecular flexibility index (Phi) is 6.59. The molecule has 1 amide bonds. The van der Waals surface area contributed by atoms with Gasteiger partial charge in [-0.3, -0.25) is 4.79 Å². The monoisotopic (exact) mass is 469 g/mol. The Bertz CT molecular complexity index is 1310. The average molecular weight is 470 g/mol. The van der Waals surface area contributed by atoms with Gasteiger partial charge in [0.15, 0.2) is 0 Å². The van der Waals surface area contributed by atoms with Gasteiger partial charge < -0.3 is 9.30 Å². The molecule has 2 heterocycles. The summed E-state index contributed by atoms with van der Waals surface area (Å²) in [6, 6.07) is 11.9. The summed E-state index contributed by atoms with van der Waals surface area (Å²) in [6.45, 7) is 8.04. The van der Waals surface area contributed by atoms with Crippen molar-refractivity contribution in [2.45, 2.75) is 32.2 Å². The van der Waals surface area contributed by atoms with Crippen LogP contribution in [0.3, 0.4) is 0 Å². The summed E-state index contributed by atoms with van der Waals surface area (Å²) in [5.41, 5.74) is 6.05. The van der Waals surface area contributed by atoms with Gasteiger partial charge in [0.1, 0.15) is 5.82 Å². The average Bonchev–Trinajstić information content (AvgIpc) is 3.16. The van der Waals surface area contributed by atoms with Crippen LogP contribution in [0.5, 0.6) is 0 Å². The maximum absolute atomic E-state index is 12.8. The van der Waals surface area contributed by atoms with Crippen LogP contribution in [0, 0.1) is 6.92 Å². The van der Waals surface area contributed by atoms with E-state index in [-0.39, 0.29) is 10.8 Å². The molecule has 0 aliphatic carbocycles. The number of benzene rings is 2. The minimum atomic E-state index is -3.55. The Balaban J connectivity index is 1.46. The third-order valence-corrected chi connectivity index (χ3v) is 7.64. The van der Waals surface area contributed by atoms with Crippen LogP contribution in [0.4, 0.5) is 0 Å².